The highest BCUT2D eigenvalue weighted by molar-refractivity contribution is 5.95. The van der Waals surface area contributed by atoms with Gasteiger partial charge in [0.15, 0.2) is 12.0 Å². The van der Waals surface area contributed by atoms with Crippen molar-refractivity contribution in [2.45, 2.75) is 18.4 Å². The van der Waals surface area contributed by atoms with Crippen molar-refractivity contribution in [3.63, 3.8) is 0 Å². The molecule has 2 heterocycles. The van der Waals surface area contributed by atoms with E-state index in [-0.39, 0.29) is 11.8 Å². The second-order valence-electron chi connectivity index (χ2n) is 7.73. The normalized spacial score (nSPS) is 18.1. The standard InChI is InChI=1S/C22H21N3O4/c26-20(24-9-11-25(12-10-24)21(27)22(28)7-8-22)16-3-1-15(2-4-16)17-5-6-19-18(13-17)23-14-29-19/h1-6,13-14,28H,7-12H2. The van der Waals surface area contributed by atoms with Gasteiger partial charge in [0.25, 0.3) is 11.8 Å². The topological polar surface area (TPSA) is 86.9 Å². The molecule has 1 aliphatic carbocycles. The zero-order chi connectivity index (χ0) is 20.0. The molecular formula is C22H21N3O4. The van der Waals surface area contributed by atoms with Gasteiger partial charge in [-0.3, -0.25) is 9.59 Å². The summed E-state index contributed by atoms with van der Waals surface area (Å²) < 4.78 is 5.27. The molecule has 1 aliphatic heterocycles. The Balaban J connectivity index is 1.25. The summed E-state index contributed by atoms with van der Waals surface area (Å²) >= 11 is 0. The van der Waals surface area contributed by atoms with Crippen molar-refractivity contribution in [2.24, 2.45) is 0 Å². The summed E-state index contributed by atoms with van der Waals surface area (Å²) in [5.41, 5.74) is 3.03. The Morgan fingerprint density at radius 3 is 2.28 bits per heavy atom. The lowest BCUT2D eigenvalue weighted by atomic mass is 10.0. The number of hydrogen-bond acceptors (Lipinski definition) is 5. The fourth-order valence-electron chi connectivity index (χ4n) is 3.76. The average Bonchev–Trinajstić information content (AvgIpc) is 3.34. The first kappa shape index (κ1) is 17.9. The van der Waals surface area contributed by atoms with E-state index in [0.29, 0.717) is 44.6 Å². The molecule has 2 amide bonds. The second kappa shape index (κ2) is 6.70. The predicted octanol–water partition coefficient (Wildman–Crippen LogP) is 2.30. The van der Waals surface area contributed by atoms with Gasteiger partial charge in [0.2, 0.25) is 0 Å². The number of amides is 2. The maximum atomic E-state index is 12.8. The lowest BCUT2D eigenvalue weighted by Crippen LogP contribution is -2.53. The second-order valence-corrected chi connectivity index (χ2v) is 7.73. The Labute approximate surface area is 167 Å². The summed E-state index contributed by atoms with van der Waals surface area (Å²) in [6.07, 6.45) is 2.51. The fourth-order valence-corrected chi connectivity index (χ4v) is 3.76. The number of benzene rings is 2. The summed E-state index contributed by atoms with van der Waals surface area (Å²) in [6.45, 7) is 1.88. The van der Waals surface area contributed by atoms with Crippen molar-refractivity contribution in [2.75, 3.05) is 26.2 Å². The fraction of sp³-hybridized carbons (Fsp3) is 0.318. The number of piperazine rings is 1. The molecule has 0 atom stereocenters. The van der Waals surface area contributed by atoms with E-state index in [0.717, 1.165) is 22.2 Å². The minimum absolute atomic E-state index is 0.0410. The summed E-state index contributed by atoms with van der Waals surface area (Å²) in [5.74, 6) is -0.237. The SMILES string of the molecule is O=C(c1ccc(-c2ccc3ocnc3c2)cc1)N1CCN(C(=O)C2(O)CC2)CC1. The van der Waals surface area contributed by atoms with Crippen LogP contribution in [-0.4, -0.2) is 63.5 Å². The van der Waals surface area contributed by atoms with Crippen LogP contribution in [0.1, 0.15) is 23.2 Å². The molecule has 5 rings (SSSR count). The molecule has 148 valence electrons. The number of aromatic nitrogens is 1. The number of hydrogen-bond donors (Lipinski definition) is 1. The van der Waals surface area contributed by atoms with Crippen LogP contribution in [0.3, 0.4) is 0 Å². The van der Waals surface area contributed by atoms with Gasteiger partial charge in [-0.1, -0.05) is 18.2 Å². The third kappa shape index (κ3) is 3.27. The lowest BCUT2D eigenvalue weighted by molar-refractivity contribution is -0.143. The quantitative estimate of drug-likeness (QED) is 0.740. The van der Waals surface area contributed by atoms with Gasteiger partial charge < -0.3 is 19.3 Å². The number of nitrogens with zero attached hydrogens (tertiary/aromatic N) is 3. The molecule has 1 saturated heterocycles. The first-order valence-electron chi connectivity index (χ1n) is 9.78. The highest BCUT2D eigenvalue weighted by Gasteiger charge is 2.50. The number of fused-ring (bicyclic) bond motifs is 1. The van der Waals surface area contributed by atoms with E-state index in [9.17, 15) is 14.7 Å². The number of carbonyl (C=O) groups excluding carboxylic acids is 2. The van der Waals surface area contributed by atoms with Gasteiger partial charge in [-0.25, -0.2) is 4.98 Å². The molecule has 0 spiro atoms. The van der Waals surface area contributed by atoms with Gasteiger partial charge in [-0.15, -0.1) is 0 Å². The number of aliphatic hydroxyl groups is 1. The monoisotopic (exact) mass is 391 g/mol. The van der Waals surface area contributed by atoms with Gasteiger partial charge in [0.05, 0.1) is 0 Å². The molecule has 1 saturated carbocycles. The molecule has 2 fully saturated rings. The zero-order valence-corrected chi connectivity index (χ0v) is 15.9. The van der Waals surface area contributed by atoms with E-state index in [1.807, 2.05) is 42.5 Å². The van der Waals surface area contributed by atoms with Crippen LogP contribution in [0.15, 0.2) is 53.3 Å². The predicted molar refractivity (Wildman–Crippen MR) is 106 cm³/mol. The van der Waals surface area contributed by atoms with Crippen molar-refractivity contribution in [1.29, 1.82) is 0 Å². The van der Waals surface area contributed by atoms with Gasteiger partial charge >= 0.3 is 0 Å². The summed E-state index contributed by atoms with van der Waals surface area (Å²) in [6, 6.07) is 13.3. The van der Waals surface area contributed by atoms with E-state index < -0.39 is 5.60 Å². The third-order valence-electron chi connectivity index (χ3n) is 5.77. The van der Waals surface area contributed by atoms with Crippen molar-refractivity contribution in [3.05, 3.63) is 54.4 Å². The van der Waals surface area contributed by atoms with Gasteiger partial charge in [-0.2, -0.15) is 0 Å². The minimum Gasteiger partial charge on any atom is -0.443 e. The molecule has 0 radical (unpaired) electrons. The van der Waals surface area contributed by atoms with Crippen molar-refractivity contribution in [3.8, 4) is 11.1 Å². The Morgan fingerprint density at radius 2 is 1.59 bits per heavy atom. The van der Waals surface area contributed by atoms with Crippen LogP contribution >= 0.6 is 0 Å². The summed E-state index contributed by atoms with van der Waals surface area (Å²) in [7, 11) is 0. The van der Waals surface area contributed by atoms with E-state index >= 15 is 0 Å². The smallest absolute Gasteiger partial charge is 0.254 e. The van der Waals surface area contributed by atoms with Crippen molar-refractivity contribution >= 4 is 22.9 Å². The highest BCUT2D eigenvalue weighted by Crippen LogP contribution is 2.37. The molecule has 7 heteroatoms. The molecule has 1 N–H and O–H groups in total. The number of rotatable bonds is 3. The maximum Gasteiger partial charge on any atom is 0.254 e. The maximum absolute atomic E-state index is 12.8. The molecule has 7 nitrogen and oxygen atoms in total. The van der Waals surface area contributed by atoms with E-state index in [1.165, 1.54) is 6.39 Å². The molecule has 0 bridgehead atoms. The van der Waals surface area contributed by atoms with Crippen molar-refractivity contribution < 1.29 is 19.1 Å². The first-order chi connectivity index (χ1) is 14.0. The molecule has 2 aliphatic rings. The van der Waals surface area contributed by atoms with Crippen LogP contribution in [0.4, 0.5) is 0 Å². The molecule has 2 aromatic carbocycles. The lowest BCUT2D eigenvalue weighted by Gasteiger charge is -2.35. The van der Waals surface area contributed by atoms with Crippen LogP contribution in [0, 0.1) is 0 Å². The van der Waals surface area contributed by atoms with Gasteiger partial charge in [0, 0.05) is 31.7 Å². The van der Waals surface area contributed by atoms with Gasteiger partial charge in [0.1, 0.15) is 11.1 Å². The Kier molecular flexibility index (Phi) is 4.13. The first-order valence-corrected chi connectivity index (χ1v) is 9.78. The largest absolute Gasteiger partial charge is 0.443 e. The summed E-state index contributed by atoms with van der Waals surface area (Å²) in [4.78, 5) is 32.7. The average molecular weight is 391 g/mol. The molecule has 0 unspecified atom stereocenters. The zero-order valence-electron chi connectivity index (χ0n) is 15.9. The van der Waals surface area contributed by atoms with E-state index in [2.05, 4.69) is 4.98 Å². The third-order valence-corrected chi connectivity index (χ3v) is 5.77. The van der Waals surface area contributed by atoms with Crippen LogP contribution < -0.4 is 0 Å². The minimum atomic E-state index is -1.14. The molecule has 1 aromatic heterocycles. The van der Waals surface area contributed by atoms with Crippen LogP contribution in [0.25, 0.3) is 22.2 Å². The Hall–Kier alpha value is -3.19. The van der Waals surface area contributed by atoms with Crippen LogP contribution in [0.5, 0.6) is 0 Å². The molecular weight excluding hydrogens is 370 g/mol. The highest BCUT2D eigenvalue weighted by atomic mass is 16.3. The Morgan fingerprint density at radius 1 is 0.931 bits per heavy atom. The van der Waals surface area contributed by atoms with Crippen LogP contribution in [-0.2, 0) is 4.79 Å². The van der Waals surface area contributed by atoms with Crippen LogP contribution in [0.2, 0.25) is 0 Å². The van der Waals surface area contributed by atoms with E-state index in [4.69, 9.17) is 4.42 Å². The molecule has 29 heavy (non-hydrogen) atoms. The van der Waals surface area contributed by atoms with Crippen molar-refractivity contribution in [1.82, 2.24) is 14.8 Å². The number of oxazole rings is 1. The molecule has 3 aromatic rings. The Bertz CT molecular complexity index is 1080. The van der Waals surface area contributed by atoms with Gasteiger partial charge in [-0.05, 0) is 48.2 Å². The van der Waals surface area contributed by atoms with E-state index in [1.54, 1.807) is 9.80 Å². The summed E-state index contributed by atoms with van der Waals surface area (Å²) in [5, 5.41) is 9.99. The number of carbonyl (C=O) groups is 2.